The average molecular weight is 264 g/mol. The molecule has 1 aliphatic heterocycles. The van der Waals surface area contributed by atoms with Gasteiger partial charge in [0.15, 0.2) is 0 Å². The average Bonchev–Trinajstić information content (AvgIpc) is 2.71. The highest BCUT2D eigenvalue weighted by atomic mass is 16.4. The number of carbonyl (C=O) groups is 2. The fraction of sp³-hybridized carbons (Fsp3) is 0.786. The van der Waals surface area contributed by atoms with Gasteiger partial charge in [0.25, 0.3) is 0 Å². The molecule has 0 spiro atoms. The summed E-state index contributed by atoms with van der Waals surface area (Å²) >= 11 is 0. The van der Waals surface area contributed by atoms with Crippen LogP contribution in [0, 0.1) is 11.8 Å². The zero-order chi connectivity index (χ0) is 13.4. The Morgan fingerprint density at radius 3 is 2.37 bits per heavy atom. The molecule has 1 saturated heterocycles. The quantitative estimate of drug-likeness (QED) is 0.447. The Balaban J connectivity index is 1.80. The third-order valence-corrected chi connectivity index (χ3v) is 4.88. The Hall–Kier alpha value is -1.39. The fourth-order valence-electron chi connectivity index (χ4n) is 3.83. The summed E-state index contributed by atoms with van der Waals surface area (Å²) in [7, 11) is 0. The van der Waals surface area contributed by atoms with E-state index < -0.39 is 0 Å². The van der Waals surface area contributed by atoms with E-state index in [1.54, 1.807) is 4.90 Å². The van der Waals surface area contributed by atoms with Crippen LogP contribution in [-0.2, 0) is 9.59 Å². The molecule has 2 aliphatic carbocycles. The van der Waals surface area contributed by atoms with E-state index in [2.05, 4.69) is 5.16 Å². The van der Waals surface area contributed by atoms with Crippen molar-refractivity contribution in [3.8, 4) is 0 Å². The van der Waals surface area contributed by atoms with E-state index in [9.17, 15) is 9.59 Å². The number of likely N-dealkylation sites (tertiary alicyclic amines) is 1. The van der Waals surface area contributed by atoms with Gasteiger partial charge in [-0.2, -0.15) is 0 Å². The third kappa shape index (κ3) is 2.05. The van der Waals surface area contributed by atoms with Gasteiger partial charge in [0.05, 0.1) is 17.5 Å². The Labute approximate surface area is 112 Å². The monoisotopic (exact) mass is 264 g/mol. The van der Waals surface area contributed by atoms with E-state index in [1.807, 2.05) is 0 Å². The standard InChI is InChI=1S/C14H20N2O3/c17-13-11-7-6-9(15-19)8-12(11)14(18)16(13)10-4-2-1-3-5-10/h10-12,19H,1-8H2/b15-9+. The minimum Gasteiger partial charge on any atom is -0.411 e. The Kier molecular flexibility index (Phi) is 3.29. The van der Waals surface area contributed by atoms with Crippen LogP contribution in [0.25, 0.3) is 0 Å². The number of amides is 2. The molecule has 104 valence electrons. The maximum absolute atomic E-state index is 12.5. The maximum Gasteiger partial charge on any atom is 0.233 e. The van der Waals surface area contributed by atoms with Crippen LogP contribution in [0.3, 0.4) is 0 Å². The number of hydrogen-bond donors (Lipinski definition) is 1. The molecule has 3 fully saturated rings. The molecule has 5 heteroatoms. The smallest absolute Gasteiger partial charge is 0.233 e. The van der Waals surface area contributed by atoms with Crippen molar-refractivity contribution in [1.29, 1.82) is 0 Å². The van der Waals surface area contributed by atoms with Gasteiger partial charge in [0.2, 0.25) is 11.8 Å². The normalized spacial score (nSPS) is 34.9. The van der Waals surface area contributed by atoms with E-state index in [4.69, 9.17) is 5.21 Å². The van der Waals surface area contributed by atoms with Crippen molar-refractivity contribution in [3.63, 3.8) is 0 Å². The van der Waals surface area contributed by atoms with Crippen LogP contribution >= 0.6 is 0 Å². The number of nitrogens with zero attached hydrogens (tertiary/aromatic N) is 2. The largest absolute Gasteiger partial charge is 0.411 e. The first-order valence-electron chi connectivity index (χ1n) is 7.29. The topological polar surface area (TPSA) is 70.0 Å². The van der Waals surface area contributed by atoms with E-state index in [-0.39, 0.29) is 29.7 Å². The third-order valence-electron chi connectivity index (χ3n) is 4.88. The molecule has 0 aromatic heterocycles. The zero-order valence-corrected chi connectivity index (χ0v) is 11.0. The van der Waals surface area contributed by atoms with E-state index in [0.29, 0.717) is 25.0 Å². The van der Waals surface area contributed by atoms with Crippen LogP contribution in [0.5, 0.6) is 0 Å². The van der Waals surface area contributed by atoms with Gasteiger partial charge < -0.3 is 5.21 Å². The molecule has 2 saturated carbocycles. The molecular weight excluding hydrogens is 244 g/mol. The summed E-state index contributed by atoms with van der Waals surface area (Å²) in [6.07, 6.45) is 7.08. The summed E-state index contributed by atoms with van der Waals surface area (Å²) in [6.45, 7) is 0. The molecule has 2 atom stereocenters. The summed E-state index contributed by atoms with van der Waals surface area (Å²) in [5.74, 6) is -0.435. The van der Waals surface area contributed by atoms with E-state index >= 15 is 0 Å². The lowest BCUT2D eigenvalue weighted by molar-refractivity contribution is -0.143. The van der Waals surface area contributed by atoms with Crippen molar-refractivity contribution in [2.24, 2.45) is 17.0 Å². The fourth-order valence-corrected chi connectivity index (χ4v) is 3.83. The second-order valence-electron chi connectivity index (χ2n) is 5.96. The molecule has 19 heavy (non-hydrogen) atoms. The molecule has 2 amide bonds. The molecular formula is C14H20N2O3. The van der Waals surface area contributed by atoms with Gasteiger partial charge in [0.1, 0.15) is 0 Å². The second kappa shape index (κ2) is 4.94. The number of carbonyl (C=O) groups excluding carboxylic acids is 2. The molecule has 1 N–H and O–H groups in total. The SMILES string of the molecule is O=C1C2CC/C(=N\O)CC2C(=O)N1C1CCCCC1. The summed E-state index contributed by atoms with van der Waals surface area (Å²) < 4.78 is 0. The molecule has 2 unspecified atom stereocenters. The van der Waals surface area contributed by atoms with Crippen LogP contribution in [-0.4, -0.2) is 33.7 Å². The second-order valence-corrected chi connectivity index (χ2v) is 5.96. The molecule has 5 nitrogen and oxygen atoms in total. The van der Waals surface area contributed by atoms with Gasteiger partial charge in [-0.1, -0.05) is 24.4 Å². The van der Waals surface area contributed by atoms with Crippen LogP contribution in [0.2, 0.25) is 0 Å². The predicted octanol–water partition coefficient (Wildman–Crippen LogP) is 1.93. The van der Waals surface area contributed by atoms with Crippen molar-refractivity contribution in [3.05, 3.63) is 0 Å². The van der Waals surface area contributed by atoms with Crippen LogP contribution in [0.1, 0.15) is 51.4 Å². The highest BCUT2D eigenvalue weighted by Crippen LogP contribution is 2.40. The Morgan fingerprint density at radius 2 is 1.68 bits per heavy atom. The van der Waals surface area contributed by atoms with Gasteiger partial charge >= 0.3 is 0 Å². The number of rotatable bonds is 1. The maximum atomic E-state index is 12.5. The molecule has 0 aromatic rings. The van der Waals surface area contributed by atoms with Crippen molar-refractivity contribution in [2.45, 2.75) is 57.4 Å². The molecule has 3 rings (SSSR count). The van der Waals surface area contributed by atoms with Crippen molar-refractivity contribution < 1.29 is 14.8 Å². The highest BCUT2D eigenvalue weighted by Gasteiger charge is 2.51. The van der Waals surface area contributed by atoms with E-state index in [1.165, 1.54) is 6.42 Å². The first-order chi connectivity index (χ1) is 9.22. The minimum absolute atomic E-state index is 0.0252. The lowest BCUT2D eigenvalue weighted by Crippen LogP contribution is -2.41. The Bertz CT molecular complexity index is 426. The summed E-state index contributed by atoms with van der Waals surface area (Å²) in [6, 6.07) is 0.119. The molecule has 0 aromatic carbocycles. The first kappa shape index (κ1) is 12.6. The van der Waals surface area contributed by atoms with Crippen molar-refractivity contribution >= 4 is 17.5 Å². The molecule has 0 bridgehead atoms. The number of oxime groups is 1. The summed E-state index contributed by atoms with van der Waals surface area (Å²) in [5, 5.41) is 12.1. The molecule has 0 radical (unpaired) electrons. The lowest BCUT2D eigenvalue weighted by atomic mass is 9.80. The van der Waals surface area contributed by atoms with Gasteiger partial charge in [-0.05, 0) is 25.7 Å². The number of fused-ring (bicyclic) bond motifs is 1. The summed E-state index contributed by atoms with van der Waals surface area (Å²) in [4.78, 5) is 26.5. The van der Waals surface area contributed by atoms with Gasteiger partial charge in [0, 0.05) is 12.5 Å². The molecule has 3 aliphatic rings. The van der Waals surface area contributed by atoms with Gasteiger partial charge in [-0.15, -0.1) is 0 Å². The highest BCUT2D eigenvalue weighted by molar-refractivity contribution is 6.08. The number of imide groups is 1. The minimum atomic E-state index is -0.269. The Morgan fingerprint density at radius 1 is 1.00 bits per heavy atom. The lowest BCUT2D eigenvalue weighted by Gasteiger charge is -2.29. The van der Waals surface area contributed by atoms with Crippen LogP contribution < -0.4 is 0 Å². The first-order valence-corrected chi connectivity index (χ1v) is 7.29. The molecule has 1 heterocycles. The van der Waals surface area contributed by atoms with Gasteiger partial charge in [-0.25, -0.2) is 0 Å². The summed E-state index contributed by atoms with van der Waals surface area (Å²) in [5.41, 5.74) is 0.660. The van der Waals surface area contributed by atoms with Crippen molar-refractivity contribution in [2.75, 3.05) is 0 Å². The zero-order valence-electron chi connectivity index (χ0n) is 11.0. The van der Waals surface area contributed by atoms with Crippen LogP contribution in [0.4, 0.5) is 0 Å². The van der Waals surface area contributed by atoms with Gasteiger partial charge in [-0.3, -0.25) is 14.5 Å². The van der Waals surface area contributed by atoms with Crippen LogP contribution in [0.15, 0.2) is 5.16 Å². The number of hydrogen-bond acceptors (Lipinski definition) is 4. The predicted molar refractivity (Wildman–Crippen MR) is 68.8 cm³/mol. The van der Waals surface area contributed by atoms with E-state index in [0.717, 1.165) is 25.7 Å². The van der Waals surface area contributed by atoms with Crippen molar-refractivity contribution in [1.82, 2.24) is 4.90 Å².